The van der Waals surface area contributed by atoms with Crippen molar-refractivity contribution in [2.24, 2.45) is 0 Å². The van der Waals surface area contributed by atoms with E-state index < -0.39 is 0 Å². The van der Waals surface area contributed by atoms with Crippen LogP contribution >= 0.6 is 0 Å². The summed E-state index contributed by atoms with van der Waals surface area (Å²) in [6.07, 6.45) is 1.25. The molecule has 1 heteroatoms. The fourth-order valence-electron chi connectivity index (χ4n) is 1.13. The molecule has 0 aliphatic rings. The molecule has 2 aromatic carbocycles. The second kappa shape index (κ2) is 9.59. The Bertz CT molecular complexity index is 363. The molecule has 0 bridgehead atoms. The first-order chi connectivity index (χ1) is 8.11. The summed E-state index contributed by atoms with van der Waals surface area (Å²) in [5.74, 6) is 0.167. The molecule has 0 fully saturated rings. The van der Waals surface area contributed by atoms with Gasteiger partial charge in [-0.15, -0.1) is 0 Å². The predicted octanol–water partition coefficient (Wildman–Crippen LogP) is 4.85. The normalized spacial score (nSPS) is 8.47. The van der Waals surface area contributed by atoms with Crippen LogP contribution in [0.15, 0.2) is 48.5 Å². The van der Waals surface area contributed by atoms with Gasteiger partial charge in [0.25, 0.3) is 0 Å². The van der Waals surface area contributed by atoms with E-state index in [1.807, 2.05) is 0 Å². The lowest BCUT2D eigenvalue weighted by atomic mass is 10.1. The molecule has 0 unspecified atom stereocenters. The molecule has 92 valence electrons. The van der Waals surface area contributed by atoms with Gasteiger partial charge in [-0.3, -0.25) is 0 Å². The van der Waals surface area contributed by atoms with Crippen LogP contribution in [-0.2, 0) is 4.79 Å². The molecule has 2 aromatic rings. The van der Waals surface area contributed by atoms with Crippen LogP contribution in [0.4, 0.5) is 0 Å². The highest BCUT2D eigenvalue weighted by Crippen LogP contribution is 2.11. The Hall–Kier alpha value is -1.63. The number of carbonyl (C=O) groups excluding carboxylic acids is 1. The average Bonchev–Trinajstić information content (AvgIpc) is 2.29. The molecule has 2 rings (SSSR count). The molecule has 0 saturated heterocycles. The number of fused-ring (bicyclic) bond motifs is 1. The van der Waals surface area contributed by atoms with Crippen LogP contribution in [0.3, 0.4) is 0 Å². The molecule has 0 radical (unpaired) electrons. The van der Waals surface area contributed by atoms with Crippen molar-refractivity contribution >= 4 is 16.6 Å². The van der Waals surface area contributed by atoms with Crippen LogP contribution in [0.2, 0.25) is 0 Å². The van der Waals surface area contributed by atoms with Crippen molar-refractivity contribution in [2.75, 3.05) is 0 Å². The van der Waals surface area contributed by atoms with Gasteiger partial charge in [-0.2, -0.15) is 0 Å². The molecule has 0 aliphatic heterocycles. The monoisotopic (exact) mass is 230 g/mol. The lowest BCUT2D eigenvalue weighted by Crippen LogP contribution is -1.69. The number of ketones is 1. The maximum atomic E-state index is 9.44. The lowest BCUT2D eigenvalue weighted by molar-refractivity contribution is -0.114. The van der Waals surface area contributed by atoms with E-state index in [4.69, 9.17) is 0 Å². The van der Waals surface area contributed by atoms with E-state index in [1.54, 1.807) is 0 Å². The number of hydrogen-bond donors (Lipinski definition) is 0. The van der Waals surface area contributed by atoms with Crippen molar-refractivity contribution in [1.82, 2.24) is 0 Å². The summed E-state index contributed by atoms with van der Waals surface area (Å²) in [5.41, 5.74) is 0. The second-order valence-electron chi connectivity index (χ2n) is 3.96. The van der Waals surface area contributed by atoms with Gasteiger partial charge in [-0.25, -0.2) is 0 Å². The van der Waals surface area contributed by atoms with Crippen LogP contribution in [0.1, 0.15) is 34.1 Å². The smallest absolute Gasteiger partial charge is 0.126 e. The van der Waals surface area contributed by atoms with Crippen molar-refractivity contribution in [3.05, 3.63) is 48.5 Å². The van der Waals surface area contributed by atoms with Gasteiger partial charge in [0, 0.05) is 0 Å². The van der Waals surface area contributed by atoms with Gasteiger partial charge in [0.05, 0.1) is 0 Å². The molecule has 0 atom stereocenters. The quantitative estimate of drug-likeness (QED) is 0.632. The van der Waals surface area contributed by atoms with Crippen molar-refractivity contribution < 1.29 is 4.79 Å². The van der Waals surface area contributed by atoms with Crippen LogP contribution < -0.4 is 0 Å². The number of carbonyl (C=O) groups is 1. The molecule has 0 N–H and O–H groups in total. The van der Waals surface area contributed by atoms with Gasteiger partial charge in [0.2, 0.25) is 0 Å². The zero-order valence-electron chi connectivity index (χ0n) is 11.2. The third-order valence-electron chi connectivity index (χ3n) is 1.66. The first kappa shape index (κ1) is 15.4. The third kappa shape index (κ3) is 8.21. The van der Waals surface area contributed by atoms with Gasteiger partial charge in [0.1, 0.15) is 5.78 Å². The number of hydrogen-bond acceptors (Lipinski definition) is 1. The van der Waals surface area contributed by atoms with E-state index in [-0.39, 0.29) is 5.78 Å². The molecule has 0 amide bonds. The molecule has 0 spiro atoms. The second-order valence-corrected chi connectivity index (χ2v) is 3.96. The summed E-state index contributed by atoms with van der Waals surface area (Å²) >= 11 is 0. The van der Waals surface area contributed by atoms with Crippen molar-refractivity contribution in [3.8, 4) is 0 Å². The molecular weight excluding hydrogens is 208 g/mol. The SMILES string of the molecule is CC(C)=O.CCC.c1ccc2ccccc2c1. The number of rotatable bonds is 0. The zero-order chi connectivity index (χ0) is 13.1. The molecule has 0 aliphatic carbocycles. The van der Waals surface area contributed by atoms with Crippen LogP contribution in [-0.4, -0.2) is 5.78 Å². The Morgan fingerprint density at radius 1 is 0.824 bits per heavy atom. The van der Waals surface area contributed by atoms with Gasteiger partial charge in [-0.1, -0.05) is 68.8 Å². The first-order valence-corrected chi connectivity index (χ1v) is 6.02. The van der Waals surface area contributed by atoms with Gasteiger partial charge >= 0.3 is 0 Å². The zero-order valence-corrected chi connectivity index (χ0v) is 11.2. The van der Waals surface area contributed by atoms with E-state index in [9.17, 15) is 4.79 Å². The third-order valence-corrected chi connectivity index (χ3v) is 1.66. The summed E-state index contributed by atoms with van der Waals surface area (Å²) in [6, 6.07) is 16.7. The van der Waals surface area contributed by atoms with Gasteiger partial charge in [-0.05, 0) is 24.6 Å². The fraction of sp³-hybridized carbons (Fsp3) is 0.312. The summed E-state index contributed by atoms with van der Waals surface area (Å²) in [7, 11) is 0. The highest BCUT2D eigenvalue weighted by Gasteiger charge is 1.85. The van der Waals surface area contributed by atoms with E-state index >= 15 is 0 Å². The van der Waals surface area contributed by atoms with E-state index in [2.05, 4.69) is 62.4 Å². The van der Waals surface area contributed by atoms with Crippen molar-refractivity contribution in [2.45, 2.75) is 34.1 Å². The molecular formula is C16H22O. The summed E-state index contributed by atoms with van der Waals surface area (Å²) in [6.45, 7) is 7.31. The average molecular weight is 230 g/mol. The van der Waals surface area contributed by atoms with E-state index in [0.717, 1.165) is 0 Å². The van der Waals surface area contributed by atoms with Crippen molar-refractivity contribution in [1.29, 1.82) is 0 Å². The minimum Gasteiger partial charge on any atom is -0.300 e. The molecule has 0 aromatic heterocycles. The topological polar surface area (TPSA) is 17.1 Å². The highest BCUT2D eigenvalue weighted by atomic mass is 16.1. The first-order valence-electron chi connectivity index (χ1n) is 6.02. The maximum absolute atomic E-state index is 9.44. The molecule has 0 saturated carbocycles. The molecule has 17 heavy (non-hydrogen) atoms. The van der Waals surface area contributed by atoms with Gasteiger partial charge < -0.3 is 4.79 Å². The van der Waals surface area contributed by atoms with E-state index in [0.29, 0.717) is 0 Å². The van der Waals surface area contributed by atoms with Crippen LogP contribution in [0.25, 0.3) is 10.8 Å². The lowest BCUT2D eigenvalue weighted by Gasteiger charge is -1.92. The Kier molecular flexibility index (Phi) is 8.67. The maximum Gasteiger partial charge on any atom is 0.126 e. The predicted molar refractivity (Wildman–Crippen MR) is 76.3 cm³/mol. The fourth-order valence-corrected chi connectivity index (χ4v) is 1.13. The standard InChI is InChI=1S/C10H8.C3H6O.C3H8/c1-2-6-10-8-4-3-7-9(10)5-1;1-3(2)4;1-3-2/h1-8H;1-2H3;3H2,1-2H3. The number of benzene rings is 2. The Morgan fingerprint density at radius 3 is 1.18 bits per heavy atom. The Labute approximate surface area is 104 Å². The van der Waals surface area contributed by atoms with Gasteiger partial charge in [0.15, 0.2) is 0 Å². The highest BCUT2D eigenvalue weighted by molar-refractivity contribution is 5.82. The van der Waals surface area contributed by atoms with E-state index in [1.165, 1.54) is 31.0 Å². The van der Waals surface area contributed by atoms with Crippen LogP contribution in [0.5, 0.6) is 0 Å². The largest absolute Gasteiger partial charge is 0.300 e. The molecule has 0 heterocycles. The summed E-state index contributed by atoms with van der Waals surface area (Å²) < 4.78 is 0. The summed E-state index contributed by atoms with van der Waals surface area (Å²) in [4.78, 5) is 9.44. The van der Waals surface area contributed by atoms with Crippen LogP contribution in [0, 0.1) is 0 Å². The minimum absolute atomic E-state index is 0.167. The summed E-state index contributed by atoms with van der Waals surface area (Å²) in [5, 5.41) is 2.62. The number of Topliss-reactive ketones (excluding diaryl/α,β-unsaturated/α-hetero) is 1. The Morgan fingerprint density at radius 2 is 1.00 bits per heavy atom. The Balaban J connectivity index is 0.000000311. The minimum atomic E-state index is 0.167. The molecule has 1 nitrogen and oxygen atoms in total. The van der Waals surface area contributed by atoms with Crippen molar-refractivity contribution in [3.63, 3.8) is 0 Å².